The van der Waals surface area contributed by atoms with Crippen molar-refractivity contribution in [1.29, 1.82) is 0 Å². The smallest absolute Gasteiger partial charge is 0.228 e. The number of nitrogens with one attached hydrogen (secondary N) is 1. The Labute approximate surface area is 137 Å². The van der Waals surface area contributed by atoms with Crippen LogP contribution >= 0.6 is 0 Å². The molecule has 4 nitrogen and oxygen atoms in total. The second-order valence-electron chi connectivity index (χ2n) is 6.37. The summed E-state index contributed by atoms with van der Waals surface area (Å²) < 4.78 is 1.86. The van der Waals surface area contributed by atoms with Crippen molar-refractivity contribution in [2.45, 2.75) is 52.0 Å². The van der Waals surface area contributed by atoms with Crippen LogP contribution in [-0.4, -0.2) is 15.7 Å². The van der Waals surface area contributed by atoms with Gasteiger partial charge in [-0.3, -0.25) is 4.79 Å². The second-order valence-corrected chi connectivity index (χ2v) is 6.37. The topological polar surface area (TPSA) is 46.9 Å². The molecule has 4 heteroatoms. The first-order chi connectivity index (χ1) is 11.3. The average Bonchev–Trinajstić information content (AvgIpc) is 3.03. The fraction of sp³-hybridized carbons (Fsp3) is 0.474. The lowest BCUT2D eigenvalue weighted by Crippen LogP contribution is -2.26. The number of benzene rings is 1. The van der Waals surface area contributed by atoms with Crippen LogP contribution in [0.4, 0.5) is 5.82 Å². The standard InChI is InChI=1S/C19H25N3O/c1-2-15-8-10-16(11-9-15)14-22-18(12-13-20-22)21-19(23)17-6-4-3-5-7-17/h8-13,17H,2-7,14H2,1H3,(H,21,23). The molecule has 1 N–H and O–H groups in total. The molecule has 1 heterocycles. The number of aromatic nitrogens is 2. The minimum Gasteiger partial charge on any atom is -0.311 e. The molecule has 0 atom stereocenters. The lowest BCUT2D eigenvalue weighted by molar-refractivity contribution is -0.120. The predicted molar refractivity (Wildman–Crippen MR) is 92.4 cm³/mol. The highest BCUT2D eigenvalue weighted by molar-refractivity contribution is 5.91. The van der Waals surface area contributed by atoms with Gasteiger partial charge in [0.15, 0.2) is 0 Å². The van der Waals surface area contributed by atoms with Gasteiger partial charge in [0, 0.05) is 12.0 Å². The highest BCUT2D eigenvalue weighted by Gasteiger charge is 2.21. The number of hydrogen-bond acceptors (Lipinski definition) is 2. The van der Waals surface area contributed by atoms with Crippen LogP contribution in [0.1, 0.15) is 50.2 Å². The van der Waals surface area contributed by atoms with Gasteiger partial charge in [0.1, 0.15) is 5.82 Å². The summed E-state index contributed by atoms with van der Waals surface area (Å²) >= 11 is 0. The van der Waals surface area contributed by atoms with Gasteiger partial charge in [0.05, 0.1) is 12.7 Å². The van der Waals surface area contributed by atoms with E-state index in [1.807, 2.05) is 10.7 Å². The third kappa shape index (κ3) is 4.01. The highest BCUT2D eigenvalue weighted by Crippen LogP contribution is 2.25. The molecule has 1 aromatic heterocycles. The molecule has 0 radical (unpaired) electrons. The largest absolute Gasteiger partial charge is 0.311 e. The number of rotatable bonds is 5. The van der Waals surface area contributed by atoms with Gasteiger partial charge in [-0.25, -0.2) is 4.68 Å². The molecule has 122 valence electrons. The molecule has 1 fully saturated rings. The maximum atomic E-state index is 12.4. The predicted octanol–water partition coefficient (Wildman–Crippen LogP) is 4.01. The molecular formula is C19H25N3O. The number of aryl methyl sites for hydroxylation is 1. The minimum absolute atomic E-state index is 0.146. The summed E-state index contributed by atoms with van der Waals surface area (Å²) in [7, 11) is 0. The van der Waals surface area contributed by atoms with E-state index in [1.54, 1.807) is 6.20 Å². The summed E-state index contributed by atoms with van der Waals surface area (Å²) in [5.41, 5.74) is 2.53. The normalized spacial score (nSPS) is 15.5. The zero-order valence-electron chi connectivity index (χ0n) is 13.8. The van der Waals surface area contributed by atoms with Crippen molar-refractivity contribution in [2.24, 2.45) is 5.92 Å². The molecule has 3 rings (SSSR count). The van der Waals surface area contributed by atoms with Crippen LogP contribution in [-0.2, 0) is 17.8 Å². The minimum atomic E-state index is 0.146. The van der Waals surface area contributed by atoms with E-state index in [9.17, 15) is 4.79 Å². The van der Waals surface area contributed by atoms with Gasteiger partial charge < -0.3 is 5.32 Å². The van der Waals surface area contributed by atoms with E-state index in [-0.39, 0.29) is 11.8 Å². The fourth-order valence-corrected chi connectivity index (χ4v) is 3.21. The van der Waals surface area contributed by atoms with E-state index in [4.69, 9.17) is 0 Å². The zero-order chi connectivity index (χ0) is 16.1. The average molecular weight is 311 g/mol. The second kappa shape index (κ2) is 7.44. The van der Waals surface area contributed by atoms with E-state index < -0.39 is 0 Å². The molecular weight excluding hydrogens is 286 g/mol. The van der Waals surface area contributed by atoms with Crippen LogP contribution in [0.3, 0.4) is 0 Å². The van der Waals surface area contributed by atoms with Crippen LogP contribution in [0.2, 0.25) is 0 Å². The summed E-state index contributed by atoms with van der Waals surface area (Å²) in [6.07, 6.45) is 8.41. The van der Waals surface area contributed by atoms with Crippen LogP contribution < -0.4 is 5.32 Å². The third-order valence-electron chi connectivity index (χ3n) is 4.71. The Morgan fingerprint density at radius 3 is 2.52 bits per heavy atom. The number of nitrogens with zero attached hydrogens (tertiary/aromatic N) is 2. The SMILES string of the molecule is CCc1ccc(Cn2nccc2NC(=O)C2CCCCC2)cc1. The maximum Gasteiger partial charge on any atom is 0.228 e. The van der Waals surface area contributed by atoms with Gasteiger partial charge in [0.2, 0.25) is 5.91 Å². The highest BCUT2D eigenvalue weighted by atomic mass is 16.2. The summed E-state index contributed by atoms with van der Waals surface area (Å²) in [6, 6.07) is 10.4. The summed E-state index contributed by atoms with van der Waals surface area (Å²) in [4.78, 5) is 12.4. The van der Waals surface area contributed by atoms with E-state index >= 15 is 0 Å². The molecule has 0 unspecified atom stereocenters. The number of anilines is 1. The number of carbonyl (C=O) groups excluding carboxylic acids is 1. The lowest BCUT2D eigenvalue weighted by Gasteiger charge is -2.21. The Morgan fingerprint density at radius 2 is 1.83 bits per heavy atom. The molecule has 23 heavy (non-hydrogen) atoms. The van der Waals surface area contributed by atoms with Crippen molar-refractivity contribution >= 4 is 11.7 Å². The van der Waals surface area contributed by atoms with Gasteiger partial charge >= 0.3 is 0 Å². The van der Waals surface area contributed by atoms with Crippen LogP contribution in [0.25, 0.3) is 0 Å². The zero-order valence-corrected chi connectivity index (χ0v) is 13.8. The summed E-state index contributed by atoms with van der Waals surface area (Å²) in [5, 5.41) is 7.42. The molecule has 1 amide bonds. The quantitative estimate of drug-likeness (QED) is 0.907. The Bertz CT molecular complexity index is 639. The Morgan fingerprint density at radius 1 is 1.13 bits per heavy atom. The maximum absolute atomic E-state index is 12.4. The van der Waals surface area contributed by atoms with Gasteiger partial charge in [-0.15, -0.1) is 0 Å². The van der Waals surface area contributed by atoms with Crippen LogP contribution in [0, 0.1) is 5.92 Å². The number of carbonyl (C=O) groups is 1. The molecule has 0 spiro atoms. The van der Waals surface area contributed by atoms with Crippen molar-refractivity contribution in [2.75, 3.05) is 5.32 Å². The Kier molecular flexibility index (Phi) is 5.11. The molecule has 0 saturated heterocycles. The van der Waals surface area contributed by atoms with Crippen molar-refractivity contribution in [3.05, 3.63) is 47.7 Å². The Hall–Kier alpha value is -2.10. The van der Waals surface area contributed by atoms with Gasteiger partial charge in [-0.2, -0.15) is 5.10 Å². The summed E-state index contributed by atoms with van der Waals surface area (Å²) in [5.74, 6) is 1.10. The van der Waals surface area contributed by atoms with Gasteiger partial charge in [-0.05, 0) is 30.4 Å². The van der Waals surface area contributed by atoms with Gasteiger partial charge in [-0.1, -0.05) is 50.5 Å². The van der Waals surface area contributed by atoms with Crippen LogP contribution in [0.15, 0.2) is 36.5 Å². The third-order valence-corrected chi connectivity index (χ3v) is 4.71. The van der Waals surface area contributed by atoms with Crippen LogP contribution in [0.5, 0.6) is 0 Å². The summed E-state index contributed by atoms with van der Waals surface area (Å²) in [6.45, 7) is 2.83. The molecule has 0 bridgehead atoms. The first kappa shape index (κ1) is 15.8. The van der Waals surface area contributed by atoms with E-state index in [0.717, 1.165) is 25.1 Å². The fourth-order valence-electron chi connectivity index (χ4n) is 3.21. The van der Waals surface area contributed by atoms with Crippen molar-refractivity contribution in [1.82, 2.24) is 9.78 Å². The van der Waals surface area contributed by atoms with E-state index in [0.29, 0.717) is 6.54 Å². The molecule has 1 aliphatic carbocycles. The molecule has 1 aromatic carbocycles. The molecule has 1 aliphatic rings. The molecule has 0 aliphatic heterocycles. The number of hydrogen-bond donors (Lipinski definition) is 1. The molecule has 2 aromatic rings. The Balaban J connectivity index is 1.65. The van der Waals surface area contributed by atoms with Crippen molar-refractivity contribution in [3.8, 4) is 0 Å². The van der Waals surface area contributed by atoms with E-state index in [2.05, 4.69) is 41.6 Å². The van der Waals surface area contributed by atoms with Crippen molar-refractivity contribution in [3.63, 3.8) is 0 Å². The number of amides is 1. The lowest BCUT2D eigenvalue weighted by atomic mass is 9.89. The van der Waals surface area contributed by atoms with E-state index in [1.165, 1.54) is 30.4 Å². The first-order valence-electron chi connectivity index (χ1n) is 8.66. The first-order valence-corrected chi connectivity index (χ1v) is 8.66. The molecule has 1 saturated carbocycles. The monoisotopic (exact) mass is 311 g/mol. The van der Waals surface area contributed by atoms with Crippen molar-refractivity contribution < 1.29 is 4.79 Å². The van der Waals surface area contributed by atoms with Gasteiger partial charge in [0.25, 0.3) is 0 Å².